The Bertz CT molecular complexity index is 268. The number of pyridine rings is 1. The Kier molecular flexibility index (Phi) is 2.29. The predicted octanol–water partition coefficient (Wildman–Crippen LogP) is 1.69. The summed E-state index contributed by atoms with van der Waals surface area (Å²) in [5.41, 5.74) is 0.916. The van der Waals surface area contributed by atoms with E-state index in [4.69, 9.17) is 0 Å². The van der Waals surface area contributed by atoms with Gasteiger partial charge >= 0.3 is 0 Å². The summed E-state index contributed by atoms with van der Waals surface area (Å²) >= 11 is 0. The molecule has 1 aromatic heterocycles. The van der Waals surface area contributed by atoms with Gasteiger partial charge in [-0.2, -0.15) is 0 Å². The van der Waals surface area contributed by atoms with Gasteiger partial charge < -0.3 is 9.85 Å². The number of likely N-dealkylation sites (tertiary alicyclic amines) is 1. The van der Waals surface area contributed by atoms with Crippen molar-refractivity contribution in [1.29, 1.82) is 0 Å². The molecule has 0 bridgehead atoms. The van der Waals surface area contributed by atoms with Gasteiger partial charge in [-0.05, 0) is 12.1 Å². The highest BCUT2D eigenvalue weighted by atomic mass is 16.5. The van der Waals surface area contributed by atoms with Gasteiger partial charge in [-0.25, -0.2) is 0 Å². The predicted molar refractivity (Wildman–Crippen MR) is 50.5 cm³/mol. The van der Waals surface area contributed by atoms with Crippen molar-refractivity contribution in [3.8, 4) is 0 Å². The van der Waals surface area contributed by atoms with Crippen LogP contribution in [-0.4, -0.2) is 22.7 Å². The van der Waals surface area contributed by atoms with Crippen LogP contribution in [0.4, 0.5) is 0 Å². The van der Waals surface area contributed by atoms with Gasteiger partial charge in [-0.1, -0.05) is 6.07 Å². The molecule has 2 heterocycles. The SMILES string of the molecule is [O-][N+]1(Cc2ccccn2)CCCC1. The molecule has 1 aromatic rings. The highest BCUT2D eigenvalue weighted by Gasteiger charge is 2.23. The van der Waals surface area contributed by atoms with E-state index in [0.29, 0.717) is 6.54 Å². The summed E-state index contributed by atoms with van der Waals surface area (Å²) in [6.45, 7) is 2.06. The van der Waals surface area contributed by atoms with Crippen LogP contribution >= 0.6 is 0 Å². The lowest BCUT2D eigenvalue weighted by molar-refractivity contribution is -0.882. The average molecular weight is 178 g/mol. The number of nitrogens with zero attached hydrogens (tertiary/aromatic N) is 2. The second kappa shape index (κ2) is 3.44. The van der Waals surface area contributed by atoms with Crippen molar-refractivity contribution in [1.82, 2.24) is 4.98 Å². The minimum absolute atomic E-state index is 0.0724. The van der Waals surface area contributed by atoms with Gasteiger partial charge in [-0.15, -0.1) is 0 Å². The molecule has 1 saturated heterocycles. The number of hydroxylamine groups is 3. The van der Waals surface area contributed by atoms with Crippen LogP contribution in [0.2, 0.25) is 0 Å². The fourth-order valence-electron chi connectivity index (χ4n) is 1.86. The van der Waals surface area contributed by atoms with E-state index in [1.165, 1.54) is 0 Å². The third-order valence-corrected chi connectivity index (χ3v) is 2.56. The molecule has 13 heavy (non-hydrogen) atoms. The fourth-order valence-corrected chi connectivity index (χ4v) is 1.86. The standard InChI is InChI=1S/C10H14N2O/c13-12(7-3-4-8-12)9-10-5-1-2-6-11-10/h1-2,5-6H,3-4,7-9H2. The van der Waals surface area contributed by atoms with Crippen molar-refractivity contribution >= 4 is 0 Å². The molecule has 1 aliphatic rings. The minimum Gasteiger partial charge on any atom is -0.633 e. The Labute approximate surface area is 78.2 Å². The second-order valence-electron chi connectivity index (χ2n) is 3.69. The maximum absolute atomic E-state index is 12.0. The van der Waals surface area contributed by atoms with E-state index in [1.807, 2.05) is 18.2 Å². The van der Waals surface area contributed by atoms with Gasteiger partial charge in [0.2, 0.25) is 0 Å². The molecule has 70 valence electrons. The molecule has 0 atom stereocenters. The van der Waals surface area contributed by atoms with Crippen LogP contribution < -0.4 is 0 Å². The first kappa shape index (κ1) is 8.66. The highest BCUT2D eigenvalue weighted by molar-refractivity contribution is 5.02. The van der Waals surface area contributed by atoms with E-state index in [-0.39, 0.29) is 4.65 Å². The zero-order valence-electron chi connectivity index (χ0n) is 7.65. The molecule has 1 fully saturated rings. The Hall–Kier alpha value is -0.930. The van der Waals surface area contributed by atoms with Crippen molar-refractivity contribution in [3.05, 3.63) is 35.3 Å². The van der Waals surface area contributed by atoms with Crippen LogP contribution in [0.5, 0.6) is 0 Å². The van der Waals surface area contributed by atoms with E-state index in [1.54, 1.807) is 6.20 Å². The van der Waals surface area contributed by atoms with Crippen molar-refractivity contribution in [3.63, 3.8) is 0 Å². The van der Waals surface area contributed by atoms with E-state index in [9.17, 15) is 5.21 Å². The third kappa shape index (κ3) is 2.05. The zero-order chi connectivity index (χ0) is 9.15. The molecule has 0 aliphatic carbocycles. The van der Waals surface area contributed by atoms with Crippen molar-refractivity contribution < 1.29 is 4.65 Å². The lowest BCUT2D eigenvalue weighted by Gasteiger charge is -2.37. The summed E-state index contributed by atoms with van der Waals surface area (Å²) in [6.07, 6.45) is 3.88. The molecule has 2 rings (SSSR count). The molecule has 3 nitrogen and oxygen atoms in total. The maximum atomic E-state index is 12.0. The first-order chi connectivity index (χ1) is 6.29. The van der Waals surface area contributed by atoms with Gasteiger partial charge in [0.15, 0.2) is 0 Å². The average Bonchev–Trinajstić information content (AvgIpc) is 2.54. The molecule has 1 aliphatic heterocycles. The molecule has 0 N–H and O–H groups in total. The molecule has 0 spiro atoms. The van der Waals surface area contributed by atoms with Crippen LogP contribution in [-0.2, 0) is 6.54 Å². The Morgan fingerprint density at radius 1 is 1.31 bits per heavy atom. The fraction of sp³-hybridized carbons (Fsp3) is 0.500. The molecular formula is C10H14N2O. The quantitative estimate of drug-likeness (QED) is 0.510. The smallest absolute Gasteiger partial charge is 0.121 e. The van der Waals surface area contributed by atoms with Crippen molar-refractivity contribution in [2.45, 2.75) is 19.4 Å². The normalized spacial score (nSPS) is 20.4. The highest BCUT2D eigenvalue weighted by Crippen LogP contribution is 2.20. The Morgan fingerprint density at radius 2 is 2.08 bits per heavy atom. The first-order valence-electron chi connectivity index (χ1n) is 4.76. The molecule has 0 aromatic carbocycles. The van der Waals surface area contributed by atoms with Crippen molar-refractivity contribution in [2.75, 3.05) is 13.1 Å². The van der Waals surface area contributed by atoms with Crippen LogP contribution in [0, 0.1) is 5.21 Å². The van der Waals surface area contributed by atoms with Gasteiger partial charge in [0.25, 0.3) is 0 Å². The van der Waals surface area contributed by atoms with Crippen LogP contribution in [0.1, 0.15) is 18.5 Å². The number of aromatic nitrogens is 1. The lowest BCUT2D eigenvalue weighted by atomic mass is 10.3. The van der Waals surface area contributed by atoms with E-state index < -0.39 is 0 Å². The van der Waals surface area contributed by atoms with E-state index in [0.717, 1.165) is 31.6 Å². The van der Waals surface area contributed by atoms with Gasteiger partial charge in [0, 0.05) is 19.0 Å². The second-order valence-corrected chi connectivity index (χ2v) is 3.69. The summed E-state index contributed by atoms with van der Waals surface area (Å²) in [7, 11) is 0. The summed E-state index contributed by atoms with van der Waals surface area (Å²) in [4.78, 5) is 4.17. The van der Waals surface area contributed by atoms with Gasteiger partial charge in [0.1, 0.15) is 6.54 Å². The molecule has 0 amide bonds. The summed E-state index contributed by atoms with van der Waals surface area (Å²) in [5.74, 6) is 0. The van der Waals surface area contributed by atoms with E-state index in [2.05, 4.69) is 4.98 Å². The number of rotatable bonds is 2. The number of hydrogen-bond donors (Lipinski definition) is 0. The molecular weight excluding hydrogens is 164 g/mol. The van der Waals surface area contributed by atoms with E-state index >= 15 is 0 Å². The molecule has 3 heteroatoms. The summed E-state index contributed by atoms with van der Waals surface area (Å²) < 4.78 is -0.0724. The van der Waals surface area contributed by atoms with Gasteiger partial charge in [-0.3, -0.25) is 4.98 Å². The Morgan fingerprint density at radius 3 is 2.69 bits per heavy atom. The van der Waals surface area contributed by atoms with Crippen LogP contribution in [0.15, 0.2) is 24.4 Å². The largest absolute Gasteiger partial charge is 0.633 e. The monoisotopic (exact) mass is 178 g/mol. The maximum Gasteiger partial charge on any atom is 0.121 e. The summed E-state index contributed by atoms with van der Waals surface area (Å²) in [6, 6.07) is 5.74. The summed E-state index contributed by atoms with van der Waals surface area (Å²) in [5, 5.41) is 12.0. The minimum atomic E-state index is -0.0724. The molecule has 0 saturated carbocycles. The van der Waals surface area contributed by atoms with Crippen LogP contribution in [0.25, 0.3) is 0 Å². The Balaban J connectivity index is 2.05. The molecule has 0 radical (unpaired) electrons. The topological polar surface area (TPSA) is 36.0 Å². The van der Waals surface area contributed by atoms with Crippen molar-refractivity contribution in [2.24, 2.45) is 0 Å². The first-order valence-corrected chi connectivity index (χ1v) is 4.76. The molecule has 0 unspecified atom stereocenters. The third-order valence-electron chi connectivity index (χ3n) is 2.56. The van der Waals surface area contributed by atoms with Gasteiger partial charge in [0.05, 0.1) is 18.8 Å². The number of hydrogen-bond acceptors (Lipinski definition) is 2. The zero-order valence-corrected chi connectivity index (χ0v) is 7.65. The van der Waals surface area contributed by atoms with Crippen LogP contribution in [0.3, 0.4) is 0 Å². The number of quaternary nitrogens is 1. The lowest BCUT2D eigenvalue weighted by Crippen LogP contribution is -2.38.